The van der Waals surface area contributed by atoms with Crippen LogP contribution in [0.3, 0.4) is 0 Å². The van der Waals surface area contributed by atoms with Crippen molar-refractivity contribution in [2.75, 3.05) is 6.79 Å². The van der Waals surface area contributed by atoms with Gasteiger partial charge in [-0.2, -0.15) is 5.10 Å². The zero-order valence-electron chi connectivity index (χ0n) is 8.07. The average Bonchev–Trinajstić information content (AvgIpc) is 2.64. The fourth-order valence-corrected chi connectivity index (χ4v) is 1.67. The minimum Gasteiger partial charge on any atom is -0.454 e. The number of hydrazone groups is 1. The summed E-state index contributed by atoms with van der Waals surface area (Å²) in [6.07, 6.45) is 1.59. The van der Waals surface area contributed by atoms with Gasteiger partial charge in [0.15, 0.2) is 16.6 Å². The zero-order valence-corrected chi connectivity index (χ0v) is 10.5. The summed E-state index contributed by atoms with van der Waals surface area (Å²) in [7, 11) is 0. The minimum absolute atomic E-state index is 0.119. The molecule has 3 N–H and O–H groups in total. The topological polar surface area (TPSA) is 68.9 Å². The van der Waals surface area contributed by atoms with Gasteiger partial charge in [0.2, 0.25) is 6.79 Å². The quantitative estimate of drug-likeness (QED) is 0.490. The highest BCUT2D eigenvalue weighted by molar-refractivity contribution is 9.10. The minimum atomic E-state index is 0.119. The summed E-state index contributed by atoms with van der Waals surface area (Å²) in [5, 5.41) is 3.98. The van der Waals surface area contributed by atoms with Crippen LogP contribution in [0, 0.1) is 0 Å². The maximum absolute atomic E-state index is 5.25. The number of nitrogens with two attached hydrogens (primary N) is 1. The van der Waals surface area contributed by atoms with E-state index in [9.17, 15) is 0 Å². The Kier molecular flexibility index (Phi) is 3.25. The maximum atomic E-state index is 5.25. The molecule has 7 heteroatoms. The van der Waals surface area contributed by atoms with Gasteiger partial charge in [-0.1, -0.05) is 0 Å². The number of nitrogens with one attached hydrogen (secondary N) is 1. The molecule has 0 saturated heterocycles. The molecule has 0 fully saturated rings. The van der Waals surface area contributed by atoms with Crippen molar-refractivity contribution >= 4 is 39.5 Å². The highest BCUT2D eigenvalue weighted by Gasteiger charge is 2.15. The summed E-state index contributed by atoms with van der Waals surface area (Å²) in [4.78, 5) is 0. The van der Waals surface area contributed by atoms with Crippen molar-refractivity contribution in [1.29, 1.82) is 0 Å². The van der Waals surface area contributed by atoms with Crippen LogP contribution in [0.2, 0.25) is 0 Å². The lowest BCUT2D eigenvalue weighted by Gasteiger charge is -2.01. The fourth-order valence-electron chi connectivity index (χ4n) is 1.20. The molecule has 0 spiro atoms. The number of thiocarbonyl (C=S) groups is 1. The number of hydrogen-bond donors (Lipinski definition) is 2. The first kappa shape index (κ1) is 11.2. The second kappa shape index (κ2) is 4.67. The Bertz CT molecular complexity index is 464. The Morgan fingerprint density at radius 1 is 1.50 bits per heavy atom. The number of nitrogens with zero attached hydrogens (tertiary/aromatic N) is 1. The predicted octanol–water partition coefficient (Wildman–Crippen LogP) is 1.34. The third kappa shape index (κ3) is 2.42. The summed E-state index contributed by atoms with van der Waals surface area (Å²) in [6.45, 7) is 0.244. The molecule has 0 unspecified atom stereocenters. The number of hydrogen-bond acceptors (Lipinski definition) is 4. The van der Waals surface area contributed by atoms with E-state index in [1.807, 2.05) is 12.1 Å². The van der Waals surface area contributed by atoms with E-state index < -0.39 is 0 Å². The molecule has 0 radical (unpaired) electrons. The van der Waals surface area contributed by atoms with Gasteiger partial charge in [0, 0.05) is 10.0 Å². The zero-order chi connectivity index (χ0) is 11.5. The molecule has 1 aromatic carbocycles. The molecule has 1 aliphatic heterocycles. The molecule has 1 aromatic rings. The van der Waals surface area contributed by atoms with Crippen LogP contribution in [0.15, 0.2) is 21.7 Å². The van der Waals surface area contributed by atoms with E-state index in [-0.39, 0.29) is 11.9 Å². The fraction of sp³-hybridized carbons (Fsp3) is 0.111. The highest BCUT2D eigenvalue weighted by Crippen LogP contribution is 2.36. The van der Waals surface area contributed by atoms with Crippen molar-refractivity contribution in [1.82, 2.24) is 5.43 Å². The first-order chi connectivity index (χ1) is 7.66. The molecule has 0 aliphatic carbocycles. The molecular weight excluding hydrogens is 294 g/mol. The van der Waals surface area contributed by atoms with E-state index in [0.29, 0.717) is 11.5 Å². The van der Waals surface area contributed by atoms with Crippen LogP contribution in [-0.4, -0.2) is 18.1 Å². The molecule has 5 nitrogen and oxygen atoms in total. The Morgan fingerprint density at radius 3 is 2.88 bits per heavy atom. The maximum Gasteiger partial charge on any atom is 0.231 e. The van der Waals surface area contributed by atoms with Crippen LogP contribution < -0.4 is 20.6 Å². The molecule has 1 heterocycles. The van der Waals surface area contributed by atoms with Crippen LogP contribution in [0.1, 0.15) is 5.56 Å². The van der Waals surface area contributed by atoms with Crippen molar-refractivity contribution in [2.24, 2.45) is 10.8 Å². The van der Waals surface area contributed by atoms with Crippen molar-refractivity contribution in [3.8, 4) is 11.5 Å². The summed E-state index contributed by atoms with van der Waals surface area (Å²) in [6, 6.07) is 3.64. The van der Waals surface area contributed by atoms with Gasteiger partial charge in [-0.25, -0.2) is 0 Å². The van der Waals surface area contributed by atoms with E-state index >= 15 is 0 Å². The number of fused-ring (bicyclic) bond motifs is 1. The highest BCUT2D eigenvalue weighted by atomic mass is 79.9. The van der Waals surface area contributed by atoms with E-state index in [1.54, 1.807) is 6.21 Å². The monoisotopic (exact) mass is 301 g/mol. The predicted molar refractivity (Wildman–Crippen MR) is 67.8 cm³/mol. The molecule has 0 aromatic heterocycles. The molecule has 2 rings (SSSR count). The second-order valence-corrected chi connectivity index (χ2v) is 4.26. The normalized spacial score (nSPS) is 13.1. The number of halogens is 1. The van der Waals surface area contributed by atoms with Crippen molar-refractivity contribution < 1.29 is 9.47 Å². The molecule has 16 heavy (non-hydrogen) atoms. The van der Waals surface area contributed by atoms with Crippen LogP contribution in [0.4, 0.5) is 0 Å². The van der Waals surface area contributed by atoms with Gasteiger partial charge >= 0.3 is 0 Å². The lowest BCUT2D eigenvalue weighted by molar-refractivity contribution is 0.174. The lowest BCUT2D eigenvalue weighted by Crippen LogP contribution is -2.24. The first-order valence-electron chi connectivity index (χ1n) is 4.34. The van der Waals surface area contributed by atoms with Gasteiger partial charge in [0.25, 0.3) is 0 Å². The smallest absolute Gasteiger partial charge is 0.231 e. The largest absolute Gasteiger partial charge is 0.454 e. The molecule has 84 valence electrons. The lowest BCUT2D eigenvalue weighted by atomic mass is 10.2. The van der Waals surface area contributed by atoms with E-state index in [0.717, 1.165) is 10.0 Å². The van der Waals surface area contributed by atoms with E-state index in [4.69, 9.17) is 15.2 Å². The Balaban J connectivity index is 2.21. The first-order valence-corrected chi connectivity index (χ1v) is 5.54. The van der Waals surface area contributed by atoms with Crippen molar-refractivity contribution in [3.63, 3.8) is 0 Å². The molecule has 0 saturated carbocycles. The molecule has 0 bridgehead atoms. The average molecular weight is 302 g/mol. The van der Waals surface area contributed by atoms with Crippen LogP contribution in [-0.2, 0) is 0 Å². The van der Waals surface area contributed by atoms with Crippen molar-refractivity contribution in [2.45, 2.75) is 0 Å². The second-order valence-electron chi connectivity index (χ2n) is 2.96. The van der Waals surface area contributed by atoms with Gasteiger partial charge in [-0.3, -0.25) is 5.43 Å². The Labute approximate surface area is 106 Å². The van der Waals surface area contributed by atoms with Gasteiger partial charge in [-0.15, -0.1) is 0 Å². The summed E-state index contributed by atoms with van der Waals surface area (Å²) >= 11 is 8.02. The SMILES string of the molecule is NC(=S)N/N=C/c1cc2c(cc1Br)OCO2. The van der Waals surface area contributed by atoms with Gasteiger partial charge in [0.05, 0.1) is 6.21 Å². The summed E-state index contributed by atoms with van der Waals surface area (Å²) < 4.78 is 11.3. The van der Waals surface area contributed by atoms with E-state index in [2.05, 4.69) is 38.7 Å². The third-order valence-corrected chi connectivity index (χ3v) is 2.65. The number of benzene rings is 1. The molecule has 0 atom stereocenters. The van der Waals surface area contributed by atoms with E-state index in [1.165, 1.54) is 0 Å². The van der Waals surface area contributed by atoms with Crippen LogP contribution in [0.25, 0.3) is 0 Å². The standard InChI is InChI=1S/C9H8BrN3O2S/c10-6-2-8-7(14-4-15-8)1-5(6)3-12-13-9(11)16/h1-3H,4H2,(H3,11,13,16)/b12-3+. The Morgan fingerprint density at radius 2 is 2.19 bits per heavy atom. The van der Waals surface area contributed by atoms with Gasteiger partial charge in [0.1, 0.15) is 0 Å². The summed E-state index contributed by atoms with van der Waals surface area (Å²) in [5.74, 6) is 1.41. The number of ether oxygens (including phenoxy) is 2. The third-order valence-electron chi connectivity index (χ3n) is 1.87. The van der Waals surface area contributed by atoms with Crippen molar-refractivity contribution in [3.05, 3.63) is 22.2 Å². The molecule has 0 amide bonds. The Hall–Kier alpha value is -1.34. The summed E-state index contributed by atoms with van der Waals surface area (Å²) in [5.41, 5.74) is 8.55. The van der Waals surface area contributed by atoms with Gasteiger partial charge in [-0.05, 0) is 40.3 Å². The van der Waals surface area contributed by atoms with Gasteiger partial charge < -0.3 is 15.2 Å². The van der Waals surface area contributed by atoms with Crippen LogP contribution >= 0.6 is 28.1 Å². The molecular formula is C9H8BrN3O2S. The molecule has 1 aliphatic rings. The number of rotatable bonds is 2. The van der Waals surface area contributed by atoms with Crippen LogP contribution in [0.5, 0.6) is 11.5 Å².